The Morgan fingerprint density at radius 1 is 1.18 bits per heavy atom. The van der Waals surface area contributed by atoms with E-state index in [1.165, 1.54) is 18.5 Å². The first-order valence-electron chi connectivity index (χ1n) is 12.7. The van der Waals surface area contributed by atoms with Crippen molar-refractivity contribution in [1.82, 2.24) is 35.8 Å². The molecule has 196 valence electrons. The van der Waals surface area contributed by atoms with Gasteiger partial charge in [-0.3, -0.25) is 20.4 Å². The number of anilines is 1. The number of hydrogen-bond acceptors (Lipinski definition) is 9. The van der Waals surface area contributed by atoms with Crippen molar-refractivity contribution in [2.45, 2.75) is 38.1 Å². The van der Waals surface area contributed by atoms with E-state index in [1.54, 1.807) is 29.7 Å². The molecule has 0 saturated carbocycles. The Labute approximate surface area is 223 Å². The monoisotopic (exact) mass is 532 g/mol. The van der Waals surface area contributed by atoms with Gasteiger partial charge in [0.2, 0.25) is 5.91 Å². The number of nitrogens with one attached hydrogen (secondary N) is 3. The summed E-state index contributed by atoms with van der Waals surface area (Å²) >= 11 is 1.65. The number of aromatic nitrogens is 3. The Kier molecular flexibility index (Phi) is 6.75. The first-order chi connectivity index (χ1) is 18.5. The SMILES string of the molecule is C[C@@H](c1ccc(F)cc1)N1CNC2CCNC(NCc3ccc(-c4cc5c(N)ncnc5cn4)s3)C2C1=O. The van der Waals surface area contributed by atoms with E-state index in [0.717, 1.165) is 39.4 Å². The standard InChI is InChI=1S/C27H29FN8OS/c1-15(16-2-4-17(28)5-3-16)36-14-35-20-8-9-30-26(24(20)27(36)37)32-11-18-6-7-23(38-18)21-10-19-22(12-31-21)33-13-34-25(19)29/h2-7,10,12-13,15,20,24,26,30,32,35H,8-9,11,14H2,1H3,(H2,29,33,34)/t15-,20?,24?,26?/m0/s1. The molecule has 1 aromatic carbocycles. The number of carbonyl (C=O) groups excluding carboxylic acids is 1. The van der Waals surface area contributed by atoms with Gasteiger partial charge < -0.3 is 16.0 Å². The molecule has 2 fully saturated rings. The van der Waals surface area contributed by atoms with Crippen LogP contribution in [0.2, 0.25) is 0 Å². The van der Waals surface area contributed by atoms with Crippen LogP contribution in [0.3, 0.4) is 0 Å². The summed E-state index contributed by atoms with van der Waals surface area (Å²) in [7, 11) is 0. The first-order valence-corrected chi connectivity index (χ1v) is 13.5. The van der Waals surface area contributed by atoms with Gasteiger partial charge >= 0.3 is 0 Å². The molecular weight excluding hydrogens is 503 g/mol. The molecule has 1 amide bonds. The Bertz CT molecular complexity index is 1460. The number of amides is 1. The predicted molar refractivity (Wildman–Crippen MR) is 145 cm³/mol. The fourth-order valence-corrected chi connectivity index (χ4v) is 6.27. The average molecular weight is 533 g/mol. The van der Waals surface area contributed by atoms with E-state index in [9.17, 15) is 9.18 Å². The van der Waals surface area contributed by atoms with Crippen LogP contribution >= 0.6 is 11.3 Å². The molecule has 3 unspecified atom stereocenters. The number of rotatable bonds is 6. The fourth-order valence-electron chi connectivity index (χ4n) is 5.34. The maximum Gasteiger partial charge on any atom is 0.231 e. The van der Waals surface area contributed by atoms with Gasteiger partial charge in [0.05, 0.1) is 47.1 Å². The Morgan fingerprint density at radius 3 is 2.87 bits per heavy atom. The normalized spacial score (nSPS) is 22.4. The number of hydrogen-bond donors (Lipinski definition) is 4. The Morgan fingerprint density at radius 2 is 2.03 bits per heavy atom. The second-order valence-electron chi connectivity index (χ2n) is 9.74. The summed E-state index contributed by atoms with van der Waals surface area (Å²) in [5.74, 6) is 0.00646. The van der Waals surface area contributed by atoms with Crippen molar-refractivity contribution in [2.75, 3.05) is 18.9 Å². The molecule has 38 heavy (non-hydrogen) atoms. The first kappa shape index (κ1) is 24.8. The van der Waals surface area contributed by atoms with Crippen LogP contribution in [0.4, 0.5) is 10.2 Å². The van der Waals surface area contributed by atoms with E-state index in [0.29, 0.717) is 24.5 Å². The Hall–Kier alpha value is -3.51. The van der Waals surface area contributed by atoms with Crippen LogP contribution in [0.25, 0.3) is 21.5 Å². The second-order valence-corrected chi connectivity index (χ2v) is 10.9. The molecule has 0 spiro atoms. The van der Waals surface area contributed by atoms with Gasteiger partial charge in [0.25, 0.3) is 0 Å². The lowest BCUT2D eigenvalue weighted by Gasteiger charge is -2.47. The summed E-state index contributed by atoms with van der Waals surface area (Å²) in [6, 6.07) is 12.4. The molecule has 2 saturated heterocycles. The maximum atomic E-state index is 13.7. The molecule has 0 aliphatic carbocycles. The number of halogens is 1. The van der Waals surface area contributed by atoms with Gasteiger partial charge in [-0.2, -0.15) is 0 Å². The minimum absolute atomic E-state index is 0.0994. The van der Waals surface area contributed by atoms with E-state index in [4.69, 9.17) is 5.73 Å². The lowest BCUT2D eigenvalue weighted by molar-refractivity contribution is -0.146. The van der Waals surface area contributed by atoms with Crippen molar-refractivity contribution in [1.29, 1.82) is 0 Å². The highest BCUT2D eigenvalue weighted by atomic mass is 32.1. The summed E-state index contributed by atoms with van der Waals surface area (Å²) in [6.45, 7) is 3.91. The van der Waals surface area contributed by atoms with Crippen LogP contribution in [0.5, 0.6) is 0 Å². The number of benzene rings is 1. The number of thiophene rings is 1. The van der Waals surface area contributed by atoms with Crippen LogP contribution in [-0.4, -0.2) is 51.2 Å². The lowest BCUT2D eigenvalue weighted by atomic mass is 9.86. The molecule has 5 heterocycles. The van der Waals surface area contributed by atoms with E-state index in [2.05, 4.69) is 37.0 Å². The van der Waals surface area contributed by atoms with Gasteiger partial charge in [0.15, 0.2) is 0 Å². The zero-order chi connectivity index (χ0) is 26.2. The van der Waals surface area contributed by atoms with Crippen molar-refractivity contribution >= 4 is 34.0 Å². The van der Waals surface area contributed by atoms with E-state index >= 15 is 0 Å². The van der Waals surface area contributed by atoms with Crippen LogP contribution in [0.15, 0.2) is 55.0 Å². The topological polar surface area (TPSA) is 121 Å². The zero-order valence-corrected chi connectivity index (χ0v) is 21.7. The lowest BCUT2D eigenvalue weighted by Crippen LogP contribution is -2.68. The predicted octanol–water partition coefficient (Wildman–Crippen LogP) is 3.02. The quantitative estimate of drug-likeness (QED) is 0.299. The van der Waals surface area contributed by atoms with Crippen LogP contribution in [0, 0.1) is 11.7 Å². The third-order valence-electron chi connectivity index (χ3n) is 7.49. The molecule has 2 aliphatic heterocycles. The number of pyridine rings is 1. The third-order valence-corrected chi connectivity index (χ3v) is 8.59. The number of nitrogens with zero attached hydrogens (tertiary/aromatic N) is 4. The fraction of sp³-hybridized carbons (Fsp3) is 0.333. The van der Waals surface area contributed by atoms with Gasteiger partial charge in [-0.05, 0) is 55.8 Å². The third kappa shape index (κ3) is 4.73. The summed E-state index contributed by atoms with van der Waals surface area (Å²) in [4.78, 5) is 30.6. The number of piperidine rings is 1. The molecule has 0 radical (unpaired) electrons. The van der Waals surface area contributed by atoms with Crippen LogP contribution in [-0.2, 0) is 11.3 Å². The molecule has 4 aromatic rings. The second kappa shape index (κ2) is 10.3. The number of carbonyl (C=O) groups is 1. The molecule has 5 N–H and O–H groups in total. The van der Waals surface area contributed by atoms with Gasteiger partial charge in [0, 0.05) is 22.8 Å². The highest BCUT2D eigenvalue weighted by Gasteiger charge is 2.44. The number of fused-ring (bicyclic) bond motifs is 2. The largest absolute Gasteiger partial charge is 0.383 e. The molecule has 9 nitrogen and oxygen atoms in total. The van der Waals surface area contributed by atoms with E-state index < -0.39 is 0 Å². The van der Waals surface area contributed by atoms with Crippen molar-refractivity contribution in [3.63, 3.8) is 0 Å². The zero-order valence-electron chi connectivity index (χ0n) is 20.9. The van der Waals surface area contributed by atoms with Crippen molar-refractivity contribution in [3.8, 4) is 10.6 Å². The van der Waals surface area contributed by atoms with Gasteiger partial charge in [0.1, 0.15) is 18.0 Å². The molecule has 4 atom stereocenters. The van der Waals surface area contributed by atoms with Crippen LogP contribution in [0.1, 0.15) is 29.8 Å². The minimum Gasteiger partial charge on any atom is -0.383 e. The molecule has 3 aromatic heterocycles. The summed E-state index contributed by atoms with van der Waals surface area (Å²) in [5, 5.41) is 11.4. The van der Waals surface area contributed by atoms with Gasteiger partial charge in [-0.1, -0.05) is 12.1 Å². The summed E-state index contributed by atoms with van der Waals surface area (Å²) in [5.41, 5.74) is 8.48. The maximum absolute atomic E-state index is 13.7. The molecule has 0 bridgehead atoms. The van der Waals surface area contributed by atoms with Crippen molar-refractivity contribution in [3.05, 3.63) is 71.2 Å². The smallest absolute Gasteiger partial charge is 0.231 e. The van der Waals surface area contributed by atoms with Crippen molar-refractivity contribution < 1.29 is 9.18 Å². The van der Waals surface area contributed by atoms with Crippen molar-refractivity contribution in [2.24, 2.45) is 5.92 Å². The number of nitrogen functional groups attached to an aromatic ring is 1. The van der Waals surface area contributed by atoms with E-state index in [-0.39, 0.29) is 35.9 Å². The average Bonchev–Trinajstić information content (AvgIpc) is 3.41. The highest BCUT2D eigenvalue weighted by Crippen LogP contribution is 2.31. The van der Waals surface area contributed by atoms with Gasteiger partial charge in [-0.25, -0.2) is 14.4 Å². The molecular formula is C27H29FN8OS. The summed E-state index contributed by atoms with van der Waals surface area (Å²) in [6.07, 6.45) is 3.87. The van der Waals surface area contributed by atoms with E-state index in [1.807, 2.05) is 24.0 Å². The van der Waals surface area contributed by atoms with Gasteiger partial charge in [-0.15, -0.1) is 11.3 Å². The molecule has 6 rings (SSSR count). The number of nitrogens with two attached hydrogens (primary N) is 1. The molecule has 11 heteroatoms. The summed E-state index contributed by atoms with van der Waals surface area (Å²) < 4.78 is 13.4. The highest BCUT2D eigenvalue weighted by molar-refractivity contribution is 7.15. The Balaban J connectivity index is 1.15. The van der Waals surface area contributed by atoms with Crippen LogP contribution < -0.4 is 21.7 Å². The molecule has 2 aliphatic rings. The minimum atomic E-state index is -0.281.